The third-order valence-electron chi connectivity index (χ3n) is 5.45. The topological polar surface area (TPSA) is 0 Å². The van der Waals surface area contributed by atoms with Gasteiger partial charge in [0, 0.05) is 0 Å². The summed E-state index contributed by atoms with van der Waals surface area (Å²) >= 11 is 0. The van der Waals surface area contributed by atoms with Gasteiger partial charge in [0.05, 0.1) is 0 Å². The van der Waals surface area contributed by atoms with Crippen LogP contribution < -0.4 is 0 Å². The number of alkyl halides is 15. The van der Waals surface area contributed by atoms with Gasteiger partial charge in [0.1, 0.15) is 5.41 Å². The second-order valence-corrected chi connectivity index (χ2v) is 6.66. The van der Waals surface area contributed by atoms with E-state index in [1.54, 1.807) is 0 Å². The summed E-state index contributed by atoms with van der Waals surface area (Å²) in [6.45, 7) is -0.952. The molecular weight excluding hydrogens is 465 g/mol. The summed E-state index contributed by atoms with van der Waals surface area (Å²) in [7, 11) is 0. The van der Waals surface area contributed by atoms with Crippen molar-refractivity contribution < 1.29 is 65.9 Å². The first-order valence-electron chi connectivity index (χ1n) is 7.41. The monoisotopic (exact) mass is 472 g/mol. The van der Waals surface area contributed by atoms with Gasteiger partial charge in [-0.25, -0.2) is 0 Å². The first kappa shape index (κ1) is 24.4. The average molecular weight is 472 g/mol. The molecule has 2 rings (SSSR count). The molecule has 1 aromatic rings. The van der Waals surface area contributed by atoms with E-state index < -0.39 is 71.2 Å². The van der Waals surface area contributed by atoms with Crippen molar-refractivity contribution in [2.75, 3.05) is 0 Å². The minimum Gasteiger partial charge on any atom is -0.170 e. The zero-order valence-electron chi connectivity index (χ0n) is 14.0. The summed E-state index contributed by atoms with van der Waals surface area (Å²) in [6.07, 6.45) is -37.2. The molecule has 0 saturated carbocycles. The fourth-order valence-electron chi connectivity index (χ4n) is 4.43. The van der Waals surface area contributed by atoms with Crippen LogP contribution in [0.5, 0.6) is 0 Å². The molecule has 0 nitrogen and oxygen atoms in total. The van der Waals surface area contributed by atoms with Gasteiger partial charge in [0.15, 0.2) is 0 Å². The van der Waals surface area contributed by atoms with Crippen LogP contribution in [0, 0.1) is 5.41 Å². The molecule has 0 N–H and O–H groups in total. The van der Waals surface area contributed by atoms with Crippen LogP contribution in [-0.2, 0) is 10.8 Å². The Morgan fingerprint density at radius 1 is 0.500 bits per heavy atom. The number of hydrogen-bond acceptors (Lipinski definition) is 0. The lowest BCUT2D eigenvalue weighted by atomic mass is 9.52. The standard InChI is InChI=1S/C15H7F15/c1-8(11(16,17)18)6-4-2-3-5-7(6)9(12(19,20)21,13(22,23)24)10(8,14(25,26)27)15(28,29)30/h2-5H,1H3. The van der Waals surface area contributed by atoms with E-state index in [0.717, 1.165) is 0 Å². The van der Waals surface area contributed by atoms with Crippen molar-refractivity contribution in [2.45, 2.75) is 48.6 Å². The molecular formula is C15H7F15. The molecule has 0 bridgehead atoms. The quantitative estimate of drug-likeness (QED) is 0.357. The zero-order valence-corrected chi connectivity index (χ0v) is 14.0. The van der Waals surface area contributed by atoms with E-state index in [1.807, 2.05) is 0 Å². The van der Waals surface area contributed by atoms with Gasteiger partial charge in [-0.3, -0.25) is 0 Å². The predicted octanol–water partition coefficient (Wildman–Crippen LogP) is 6.99. The van der Waals surface area contributed by atoms with Crippen LogP contribution in [0.3, 0.4) is 0 Å². The van der Waals surface area contributed by atoms with E-state index >= 15 is 0 Å². The van der Waals surface area contributed by atoms with Crippen LogP contribution in [0.4, 0.5) is 65.9 Å². The Labute approximate surface area is 156 Å². The largest absolute Gasteiger partial charge is 0.408 e. The Morgan fingerprint density at radius 3 is 1.10 bits per heavy atom. The number of halogens is 15. The van der Waals surface area contributed by atoms with E-state index in [4.69, 9.17) is 0 Å². The van der Waals surface area contributed by atoms with Gasteiger partial charge >= 0.3 is 30.9 Å². The summed E-state index contributed by atoms with van der Waals surface area (Å²) in [5.74, 6) is 0. The second kappa shape index (κ2) is 5.90. The molecule has 15 heteroatoms. The first-order chi connectivity index (χ1) is 13.0. The van der Waals surface area contributed by atoms with Gasteiger partial charge in [0.25, 0.3) is 0 Å². The fraction of sp³-hybridized carbons (Fsp3) is 0.600. The van der Waals surface area contributed by atoms with Crippen molar-refractivity contribution in [3.63, 3.8) is 0 Å². The van der Waals surface area contributed by atoms with E-state index in [0.29, 0.717) is 6.07 Å². The lowest BCUT2D eigenvalue weighted by Crippen LogP contribution is -2.78. The minimum atomic E-state index is -7.71. The van der Waals surface area contributed by atoms with Crippen LogP contribution in [0.1, 0.15) is 18.1 Å². The highest BCUT2D eigenvalue weighted by Gasteiger charge is 3.02. The lowest BCUT2D eigenvalue weighted by molar-refractivity contribution is -0.467. The van der Waals surface area contributed by atoms with Crippen LogP contribution in [-0.4, -0.2) is 30.9 Å². The van der Waals surface area contributed by atoms with E-state index in [-0.39, 0.29) is 12.1 Å². The normalized spacial score (nSPS) is 24.7. The molecule has 0 spiro atoms. The number of rotatable bonds is 0. The SMILES string of the molecule is CC1(C(F)(F)F)c2ccccc2C(C(F)(F)F)(C(F)(F)F)C1(C(F)(F)F)C(F)(F)F. The molecule has 0 radical (unpaired) electrons. The number of benzene rings is 1. The van der Waals surface area contributed by atoms with Crippen LogP contribution in [0.25, 0.3) is 0 Å². The summed E-state index contributed by atoms with van der Waals surface area (Å²) in [6, 6.07) is -0.221. The van der Waals surface area contributed by atoms with Crippen molar-refractivity contribution in [3.8, 4) is 0 Å². The highest BCUT2D eigenvalue weighted by Crippen LogP contribution is 2.82. The van der Waals surface area contributed by atoms with Crippen molar-refractivity contribution in [3.05, 3.63) is 35.4 Å². The Bertz CT molecular complexity index is 789. The van der Waals surface area contributed by atoms with Crippen molar-refractivity contribution in [1.82, 2.24) is 0 Å². The Morgan fingerprint density at radius 2 is 0.833 bits per heavy atom. The minimum absolute atomic E-state index is 0.185. The fourth-order valence-corrected chi connectivity index (χ4v) is 4.43. The molecule has 0 aromatic heterocycles. The summed E-state index contributed by atoms with van der Waals surface area (Å²) in [4.78, 5) is 0. The molecule has 1 aliphatic carbocycles. The zero-order chi connectivity index (χ0) is 24.0. The van der Waals surface area contributed by atoms with Gasteiger partial charge in [-0.1, -0.05) is 24.3 Å². The van der Waals surface area contributed by atoms with Gasteiger partial charge in [0.2, 0.25) is 10.8 Å². The third-order valence-corrected chi connectivity index (χ3v) is 5.45. The van der Waals surface area contributed by atoms with Crippen LogP contribution in [0.15, 0.2) is 24.3 Å². The molecule has 1 unspecified atom stereocenters. The summed E-state index contributed by atoms with van der Waals surface area (Å²) in [5.41, 5.74) is -25.3. The summed E-state index contributed by atoms with van der Waals surface area (Å²) in [5, 5.41) is 0. The molecule has 0 saturated heterocycles. The molecule has 1 aromatic carbocycles. The second-order valence-electron chi connectivity index (χ2n) is 6.66. The maximum absolute atomic E-state index is 13.8. The molecule has 0 aliphatic heterocycles. The van der Waals surface area contributed by atoms with Crippen molar-refractivity contribution in [2.24, 2.45) is 5.41 Å². The average Bonchev–Trinajstić information content (AvgIpc) is 2.70. The maximum Gasteiger partial charge on any atom is 0.408 e. The number of hydrogen-bond donors (Lipinski definition) is 0. The van der Waals surface area contributed by atoms with Crippen molar-refractivity contribution >= 4 is 0 Å². The molecule has 0 heterocycles. The highest BCUT2D eigenvalue weighted by molar-refractivity contribution is 5.56. The molecule has 1 atom stereocenters. The van der Waals surface area contributed by atoms with Crippen molar-refractivity contribution in [1.29, 1.82) is 0 Å². The molecule has 0 fully saturated rings. The van der Waals surface area contributed by atoms with E-state index in [2.05, 4.69) is 0 Å². The maximum atomic E-state index is 13.8. The van der Waals surface area contributed by atoms with E-state index in [9.17, 15) is 65.9 Å². The first-order valence-corrected chi connectivity index (χ1v) is 7.41. The van der Waals surface area contributed by atoms with Gasteiger partial charge in [-0.2, -0.15) is 65.9 Å². The van der Waals surface area contributed by atoms with Crippen LogP contribution in [0.2, 0.25) is 0 Å². The van der Waals surface area contributed by atoms with Gasteiger partial charge in [-0.05, 0) is 18.1 Å². The summed E-state index contributed by atoms with van der Waals surface area (Å²) < 4.78 is 207. The predicted molar refractivity (Wildman–Crippen MR) is 68.2 cm³/mol. The Hall–Kier alpha value is -1.83. The van der Waals surface area contributed by atoms with E-state index in [1.165, 1.54) is 0 Å². The lowest BCUT2D eigenvalue weighted by Gasteiger charge is -2.54. The molecule has 1 aliphatic rings. The molecule has 30 heavy (non-hydrogen) atoms. The van der Waals surface area contributed by atoms with Gasteiger partial charge < -0.3 is 0 Å². The molecule has 172 valence electrons. The Kier molecular flexibility index (Phi) is 4.80. The highest BCUT2D eigenvalue weighted by atomic mass is 19.4. The smallest absolute Gasteiger partial charge is 0.170 e. The molecule has 0 amide bonds. The number of fused-ring (bicyclic) bond motifs is 1. The Balaban J connectivity index is 3.48. The van der Waals surface area contributed by atoms with Crippen LogP contribution >= 0.6 is 0 Å². The van der Waals surface area contributed by atoms with Gasteiger partial charge in [-0.15, -0.1) is 0 Å². The third kappa shape index (κ3) is 2.34.